The standard InChI is InChI=1S/C5H13OSi/c1-5(2)3-4-6-7/h3-4H2,1-2,7H3. The van der Waals surface area contributed by atoms with Crippen molar-refractivity contribution in [2.45, 2.75) is 20.3 Å². The maximum Gasteiger partial charge on any atom is 0.145 e. The lowest BCUT2D eigenvalue weighted by Gasteiger charge is -1.99. The molecule has 0 aliphatic rings. The molecule has 0 aromatic carbocycles. The summed E-state index contributed by atoms with van der Waals surface area (Å²) in [5.74, 6) is 1.45. The highest BCUT2D eigenvalue weighted by Crippen LogP contribution is 1.99. The molecule has 43 valence electrons. The van der Waals surface area contributed by atoms with Crippen molar-refractivity contribution in [1.29, 1.82) is 0 Å². The Labute approximate surface area is 48.6 Å². The van der Waals surface area contributed by atoms with Crippen molar-refractivity contribution in [2.24, 2.45) is 0 Å². The van der Waals surface area contributed by atoms with Gasteiger partial charge in [-0.25, -0.2) is 0 Å². The van der Waals surface area contributed by atoms with Crippen molar-refractivity contribution < 1.29 is 4.43 Å². The van der Waals surface area contributed by atoms with Crippen LogP contribution in [0.4, 0.5) is 0 Å². The van der Waals surface area contributed by atoms with E-state index in [-0.39, 0.29) is 0 Å². The van der Waals surface area contributed by atoms with Gasteiger partial charge in [-0.2, -0.15) is 0 Å². The molecule has 0 heterocycles. The van der Waals surface area contributed by atoms with Crippen molar-refractivity contribution in [3.63, 3.8) is 0 Å². The zero-order valence-electron chi connectivity index (χ0n) is 5.32. The summed E-state index contributed by atoms with van der Waals surface area (Å²) >= 11 is 0. The molecule has 0 amide bonds. The number of hydrogen-bond acceptors (Lipinski definition) is 1. The van der Waals surface area contributed by atoms with E-state index < -0.39 is 0 Å². The van der Waals surface area contributed by atoms with Crippen LogP contribution in [0.1, 0.15) is 20.3 Å². The summed E-state index contributed by atoms with van der Waals surface area (Å²) in [5.41, 5.74) is 0. The molecule has 0 unspecified atom stereocenters. The van der Waals surface area contributed by atoms with Gasteiger partial charge in [-0.05, 0) is 12.3 Å². The van der Waals surface area contributed by atoms with Gasteiger partial charge in [0.15, 0.2) is 0 Å². The first kappa shape index (κ1) is 7.18. The third-order valence-electron chi connectivity index (χ3n) is 0.806. The summed E-state index contributed by atoms with van der Waals surface area (Å²) in [7, 11) is 0.881. The topological polar surface area (TPSA) is 9.23 Å². The van der Waals surface area contributed by atoms with Gasteiger partial charge in [0.25, 0.3) is 0 Å². The monoisotopic (exact) mass is 117 g/mol. The van der Waals surface area contributed by atoms with Crippen LogP contribution in [-0.2, 0) is 4.43 Å². The van der Waals surface area contributed by atoms with Gasteiger partial charge in [-0.15, -0.1) is 0 Å². The molecule has 0 spiro atoms. The van der Waals surface area contributed by atoms with Gasteiger partial charge < -0.3 is 4.43 Å². The highest BCUT2D eigenvalue weighted by molar-refractivity contribution is 5.97. The van der Waals surface area contributed by atoms with Crippen molar-refractivity contribution in [1.82, 2.24) is 0 Å². The zero-order valence-corrected chi connectivity index (χ0v) is 7.32. The summed E-state index contributed by atoms with van der Waals surface area (Å²) < 4.78 is 4.97. The van der Waals surface area contributed by atoms with Crippen LogP contribution >= 0.6 is 0 Å². The Hall–Kier alpha value is 0.177. The van der Waals surface area contributed by atoms with Crippen LogP contribution in [0.2, 0.25) is 0 Å². The van der Waals surface area contributed by atoms with E-state index in [0.29, 0.717) is 0 Å². The molecule has 7 heavy (non-hydrogen) atoms. The van der Waals surface area contributed by atoms with Crippen LogP contribution in [0.5, 0.6) is 0 Å². The van der Waals surface area contributed by atoms with Crippen molar-refractivity contribution in [2.75, 3.05) is 6.61 Å². The fraction of sp³-hybridized carbons (Fsp3) is 0.800. The fourth-order valence-electron chi connectivity index (χ4n) is 0.306. The molecule has 0 saturated carbocycles. The molecule has 0 saturated heterocycles. The Balaban J connectivity index is 2.68. The van der Waals surface area contributed by atoms with E-state index >= 15 is 0 Å². The molecule has 0 aromatic heterocycles. The lowest BCUT2D eigenvalue weighted by Crippen LogP contribution is -1.93. The molecule has 0 aromatic rings. The zero-order chi connectivity index (χ0) is 5.70. The summed E-state index contributed by atoms with van der Waals surface area (Å²) in [6.45, 7) is 5.18. The van der Waals surface area contributed by atoms with Crippen LogP contribution in [0.15, 0.2) is 0 Å². The number of hydrogen-bond donors (Lipinski definition) is 0. The van der Waals surface area contributed by atoms with E-state index in [0.717, 1.165) is 23.5 Å². The molecule has 0 fully saturated rings. The van der Waals surface area contributed by atoms with Gasteiger partial charge in [-0.3, -0.25) is 0 Å². The number of rotatable bonds is 3. The van der Waals surface area contributed by atoms with E-state index in [2.05, 4.69) is 13.8 Å². The van der Waals surface area contributed by atoms with Gasteiger partial charge >= 0.3 is 0 Å². The third kappa shape index (κ3) is 6.18. The average Bonchev–Trinajstić information content (AvgIpc) is 1.61. The second kappa shape index (κ2) is 4.34. The normalized spacial score (nSPS) is 10.7. The SMILES string of the molecule is C[C](C)CCO[SiH3]. The predicted octanol–water partition coefficient (Wildman–Crippen LogP) is 0.288. The van der Waals surface area contributed by atoms with Gasteiger partial charge in [0.1, 0.15) is 10.5 Å². The van der Waals surface area contributed by atoms with Crippen LogP contribution in [-0.4, -0.2) is 17.1 Å². The maximum absolute atomic E-state index is 4.97. The molecule has 1 radical (unpaired) electrons. The minimum Gasteiger partial charge on any atom is -0.428 e. The Morgan fingerprint density at radius 1 is 1.57 bits per heavy atom. The van der Waals surface area contributed by atoms with Crippen LogP contribution in [0.25, 0.3) is 0 Å². The van der Waals surface area contributed by atoms with Crippen molar-refractivity contribution in [3.05, 3.63) is 5.92 Å². The minimum absolute atomic E-state index is 0.881. The molecule has 0 atom stereocenters. The van der Waals surface area contributed by atoms with Gasteiger partial charge in [-0.1, -0.05) is 13.8 Å². The Bertz CT molecular complexity index is 37.1. The van der Waals surface area contributed by atoms with Gasteiger partial charge in [0.05, 0.1) is 0 Å². The summed E-state index contributed by atoms with van der Waals surface area (Å²) in [6.07, 6.45) is 1.13. The first-order valence-corrected chi connectivity index (χ1v) is 3.37. The fourth-order valence-corrected chi connectivity index (χ4v) is 0.510. The molecule has 0 bridgehead atoms. The van der Waals surface area contributed by atoms with Crippen LogP contribution in [0.3, 0.4) is 0 Å². The molecule has 0 aliphatic heterocycles. The maximum atomic E-state index is 4.97. The molecule has 2 heteroatoms. The molecular weight excluding hydrogens is 104 g/mol. The van der Waals surface area contributed by atoms with E-state index in [1.807, 2.05) is 0 Å². The van der Waals surface area contributed by atoms with Gasteiger partial charge in [0.2, 0.25) is 0 Å². The minimum atomic E-state index is 0.881. The largest absolute Gasteiger partial charge is 0.428 e. The van der Waals surface area contributed by atoms with Crippen LogP contribution < -0.4 is 0 Å². The highest BCUT2D eigenvalue weighted by Gasteiger charge is 1.89. The lowest BCUT2D eigenvalue weighted by atomic mass is 10.2. The summed E-state index contributed by atoms with van der Waals surface area (Å²) in [4.78, 5) is 0. The second-order valence-electron chi connectivity index (χ2n) is 1.95. The van der Waals surface area contributed by atoms with E-state index in [4.69, 9.17) is 4.43 Å². The summed E-state index contributed by atoms with van der Waals surface area (Å²) in [6, 6.07) is 0. The first-order chi connectivity index (χ1) is 3.27. The second-order valence-corrected chi connectivity index (χ2v) is 2.53. The summed E-state index contributed by atoms with van der Waals surface area (Å²) in [5, 5.41) is 0. The van der Waals surface area contributed by atoms with E-state index in [9.17, 15) is 0 Å². The lowest BCUT2D eigenvalue weighted by molar-refractivity contribution is 0.346. The molecule has 0 N–H and O–H groups in total. The Kier molecular flexibility index (Phi) is 4.45. The predicted molar refractivity (Wildman–Crippen MR) is 35.1 cm³/mol. The molecule has 0 rings (SSSR count). The smallest absolute Gasteiger partial charge is 0.145 e. The molecular formula is C5H13OSi. The highest BCUT2D eigenvalue weighted by atomic mass is 28.2. The van der Waals surface area contributed by atoms with Crippen molar-refractivity contribution >= 4 is 10.5 Å². The van der Waals surface area contributed by atoms with E-state index in [1.165, 1.54) is 5.92 Å². The van der Waals surface area contributed by atoms with E-state index in [1.54, 1.807) is 0 Å². The average molecular weight is 117 g/mol. The molecule has 1 nitrogen and oxygen atoms in total. The van der Waals surface area contributed by atoms with Crippen molar-refractivity contribution in [3.8, 4) is 0 Å². The Morgan fingerprint density at radius 2 is 2.14 bits per heavy atom. The first-order valence-electron chi connectivity index (χ1n) is 2.55. The third-order valence-corrected chi connectivity index (χ3v) is 1.21. The Morgan fingerprint density at radius 3 is 2.29 bits per heavy atom. The van der Waals surface area contributed by atoms with Gasteiger partial charge in [0, 0.05) is 6.61 Å². The molecule has 0 aliphatic carbocycles. The van der Waals surface area contributed by atoms with Crippen LogP contribution in [0, 0.1) is 5.92 Å². The quantitative estimate of drug-likeness (QED) is 0.483.